The maximum atomic E-state index is 13.7. The lowest BCUT2D eigenvalue weighted by atomic mass is 10.1. The molecule has 0 unspecified atom stereocenters. The van der Waals surface area contributed by atoms with Crippen LogP contribution in [0.4, 0.5) is 4.39 Å². The Balaban J connectivity index is 1.91. The predicted molar refractivity (Wildman–Crippen MR) is 94.8 cm³/mol. The van der Waals surface area contributed by atoms with E-state index in [4.69, 9.17) is 27.6 Å². The Morgan fingerprint density at radius 1 is 1.16 bits per heavy atom. The monoisotopic (exact) mass is 379 g/mol. The molecule has 3 rings (SSSR count). The number of benzene rings is 2. The molecular weight excluding hydrogens is 368 g/mol. The van der Waals surface area contributed by atoms with Crippen molar-refractivity contribution in [1.82, 2.24) is 5.32 Å². The van der Waals surface area contributed by atoms with E-state index in [-0.39, 0.29) is 15.6 Å². The van der Waals surface area contributed by atoms with Crippen LogP contribution in [0.25, 0.3) is 11.0 Å². The maximum Gasteiger partial charge on any atom is 0.349 e. The van der Waals surface area contributed by atoms with Gasteiger partial charge in [-0.25, -0.2) is 9.18 Å². The van der Waals surface area contributed by atoms with Gasteiger partial charge in [0.15, 0.2) is 0 Å². The van der Waals surface area contributed by atoms with Gasteiger partial charge in [-0.3, -0.25) is 4.79 Å². The molecule has 0 fully saturated rings. The molecule has 0 radical (unpaired) electrons. The zero-order valence-corrected chi connectivity index (χ0v) is 14.5. The van der Waals surface area contributed by atoms with E-state index in [0.717, 1.165) is 6.07 Å². The average molecular weight is 380 g/mol. The number of rotatable bonds is 3. The molecule has 1 amide bonds. The molecule has 1 aromatic heterocycles. The zero-order chi connectivity index (χ0) is 18.1. The third-order valence-corrected chi connectivity index (χ3v) is 4.36. The minimum atomic E-state index is -0.753. The Bertz CT molecular complexity index is 1030. The van der Waals surface area contributed by atoms with Crippen molar-refractivity contribution in [2.24, 2.45) is 0 Å². The lowest BCUT2D eigenvalue weighted by Gasteiger charge is -2.16. The van der Waals surface area contributed by atoms with Crippen LogP contribution in [0, 0.1) is 5.82 Å². The van der Waals surface area contributed by atoms with Crippen molar-refractivity contribution < 1.29 is 13.6 Å². The van der Waals surface area contributed by atoms with E-state index in [2.05, 4.69) is 5.32 Å². The Morgan fingerprint density at radius 2 is 1.88 bits per heavy atom. The molecule has 3 aromatic rings. The first-order valence-electron chi connectivity index (χ1n) is 7.35. The summed E-state index contributed by atoms with van der Waals surface area (Å²) in [4.78, 5) is 24.4. The largest absolute Gasteiger partial charge is 0.422 e. The molecular formula is C18H12Cl2FNO3. The second-order valence-corrected chi connectivity index (χ2v) is 6.28. The van der Waals surface area contributed by atoms with Crippen molar-refractivity contribution in [3.63, 3.8) is 0 Å². The Kier molecular flexibility index (Phi) is 4.79. The van der Waals surface area contributed by atoms with Crippen LogP contribution in [-0.4, -0.2) is 5.91 Å². The molecule has 0 aliphatic carbocycles. The number of halogens is 3. The maximum absolute atomic E-state index is 13.7. The number of nitrogens with one attached hydrogen (secondary N) is 1. The van der Waals surface area contributed by atoms with Gasteiger partial charge in [-0.05, 0) is 36.8 Å². The van der Waals surface area contributed by atoms with E-state index in [0.29, 0.717) is 16.5 Å². The third-order valence-electron chi connectivity index (χ3n) is 3.74. The number of hydrogen-bond donors (Lipinski definition) is 1. The molecule has 0 saturated carbocycles. The summed E-state index contributed by atoms with van der Waals surface area (Å²) >= 11 is 11.7. The molecule has 2 aromatic carbocycles. The quantitative estimate of drug-likeness (QED) is 0.528. The molecule has 0 spiro atoms. The van der Waals surface area contributed by atoms with Crippen LogP contribution in [0.15, 0.2) is 51.7 Å². The van der Waals surface area contributed by atoms with Crippen LogP contribution >= 0.6 is 23.2 Å². The molecule has 0 bridgehead atoms. The highest BCUT2D eigenvalue weighted by Crippen LogP contribution is 2.28. The van der Waals surface area contributed by atoms with E-state index in [1.807, 2.05) is 0 Å². The molecule has 1 N–H and O–H groups in total. The number of fused-ring (bicyclic) bond motifs is 1. The van der Waals surface area contributed by atoms with E-state index >= 15 is 0 Å². The molecule has 0 saturated heterocycles. The highest BCUT2D eigenvalue weighted by Gasteiger charge is 2.19. The SMILES string of the molecule is C[C@@H](NC(=O)c1cc2ccccc2oc1=O)c1cc(F)c(Cl)cc1Cl. The Morgan fingerprint density at radius 3 is 2.64 bits per heavy atom. The number of carbonyl (C=O) groups excluding carboxylic acids is 1. The van der Waals surface area contributed by atoms with Gasteiger partial charge in [-0.2, -0.15) is 0 Å². The van der Waals surface area contributed by atoms with E-state index in [1.54, 1.807) is 31.2 Å². The highest BCUT2D eigenvalue weighted by molar-refractivity contribution is 6.35. The van der Waals surface area contributed by atoms with Gasteiger partial charge >= 0.3 is 5.63 Å². The summed E-state index contributed by atoms with van der Waals surface area (Å²) in [6.45, 7) is 1.62. The van der Waals surface area contributed by atoms with Crippen LogP contribution in [0.1, 0.15) is 28.9 Å². The summed E-state index contributed by atoms with van der Waals surface area (Å²) in [5.41, 5.74) is -0.157. The van der Waals surface area contributed by atoms with Gasteiger partial charge in [0.25, 0.3) is 5.91 Å². The molecule has 4 nitrogen and oxygen atoms in total. The van der Waals surface area contributed by atoms with E-state index < -0.39 is 23.4 Å². The van der Waals surface area contributed by atoms with Gasteiger partial charge in [0, 0.05) is 10.4 Å². The van der Waals surface area contributed by atoms with Gasteiger partial charge in [0.05, 0.1) is 11.1 Å². The zero-order valence-electron chi connectivity index (χ0n) is 13.0. The van der Waals surface area contributed by atoms with Crippen molar-refractivity contribution in [3.8, 4) is 0 Å². The van der Waals surface area contributed by atoms with Crippen molar-refractivity contribution in [1.29, 1.82) is 0 Å². The topological polar surface area (TPSA) is 59.3 Å². The fourth-order valence-corrected chi connectivity index (χ4v) is 2.99. The Hall–Kier alpha value is -2.37. The molecule has 0 aliphatic heterocycles. The van der Waals surface area contributed by atoms with E-state index in [1.165, 1.54) is 12.1 Å². The summed E-state index contributed by atoms with van der Waals surface area (Å²) in [6, 6.07) is 10.1. The van der Waals surface area contributed by atoms with Gasteiger partial charge in [0.1, 0.15) is 17.0 Å². The fraction of sp³-hybridized carbons (Fsp3) is 0.111. The van der Waals surface area contributed by atoms with Crippen molar-refractivity contribution in [3.05, 3.63) is 79.9 Å². The predicted octanol–water partition coefficient (Wildman–Crippen LogP) is 4.73. The lowest BCUT2D eigenvalue weighted by Crippen LogP contribution is -2.30. The normalized spacial score (nSPS) is 12.2. The number of amides is 1. The van der Waals surface area contributed by atoms with Gasteiger partial charge in [-0.1, -0.05) is 41.4 Å². The summed E-state index contributed by atoms with van der Waals surface area (Å²) in [5.74, 6) is -1.29. The fourth-order valence-electron chi connectivity index (χ4n) is 2.44. The van der Waals surface area contributed by atoms with Crippen LogP contribution in [-0.2, 0) is 0 Å². The van der Waals surface area contributed by atoms with Crippen LogP contribution in [0.3, 0.4) is 0 Å². The standard InChI is InChI=1S/C18H12Cl2FNO3/c1-9(11-7-15(21)14(20)8-13(11)19)22-17(23)12-6-10-4-2-3-5-16(10)25-18(12)24/h2-9H,1H3,(H,22,23)/t9-/m1/s1. The van der Waals surface area contributed by atoms with Crippen molar-refractivity contribution in [2.75, 3.05) is 0 Å². The molecule has 25 heavy (non-hydrogen) atoms. The van der Waals surface area contributed by atoms with E-state index in [9.17, 15) is 14.0 Å². The first kappa shape index (κ1) is 17.5. The molecule has 128 valence electrons. The molecule has 7 heteroatoms. The summed E-state index contributed by atoms with van der Waals surface area (Å²) in [6.07, 6.45) is 0. The first-order valence-corrected chi connectivity index (χ1v) is 8.10. The summed E-state index contributed by atoms with van der Waals surface area (Å²) in [5, 5.41) is 3.34. The lowest BCUT2D eigenvalue weighted by molar-refractivity contribution is 0.0936. The number of hydrogen-bond acceptors (Lipinski definition) is 3. The summed E-state index contributed by atoms with van der Waals surface area (Å²) < 4.78 is 18.8. The summed E-state index contributed by atoms with van der Waals surface area (Å²) in [7, 11) is 0. The highest BCUT2D eigenvalue weighted by atomic mass is 35.5. The number of para-hydroxylation sites is 1. The van der Waals surface area contributed by atoms with Crippen LogP contribution in [0.5, 0.6) is 0 Å². The third kappa shape index (κ3) is 3.52. The molecule has 0 aliphatic rings. The molecule has 1 heterocycles. The first-order chi connectivity index (χ1) is 11.9. The second-order valence-electron chi connectivity index (χ2n) is 5.47. The van der Waals surface area contributed by atoms with Gasteiger partial charge in [0.2, 0.25) is 0 Å². The minimum Gasteiger partial charge on any atom is -0.422 e. The average Bonchev–Trinajstić information content (AvgIpc) is 2.57. The smallest absolute Gasteiger partial charge is 0.349 e. The van der Waals surface area contributed by atoms with Crippen molar-refractivity contribution in [2.45, 2.75) is 13.0 Å². The Labute approximate surface area is 152 Å². The molecule has 1 atom stereocenters. The van der Waals surface area contributed by atoms with Crippen LogP contribution in [0.2, 0.25) is 10.0 Å². The second kappa shape index (κ2) is 6.86. The van der Waals surface area contributed by atoms with Crippen LogP contribution < -0.4 is 10.9 Å². The van der Waals surface area contributed by atoms with Gasteiger partial charge in [-0.15, -0.1) is 0 Å². The minimum absolute atomic E-state index is 0.109. The van der Waals surface area contributed by atoms with Crippen molar-refractivity contribution >= 4 is 40.1 Å². The van der Waals surface area contributed by atoms with Gasteiger partial charge < -0.3 is 9.73 Å². The number of carbonyl (C=O) groups is 1.